The summed E-state index contributed by atoms with van der Waals surface area (Å²) in [5.74, 6) is 0.972. The van der Waals surface area contributed by atoms with Gasteiger partial charge in [0, 0.05) is 22.8 Å². The van der Waals surface area contributed by atoms with Crippen molar-refractivity contribution in [1.29, 1.82) is 0 Å². The molecule has 0 aliphatic heterocycles. The van der Waals surface area contributed by atoms with Crippen LogP contribution in [0.4, 0.5) is 5.69 Å². The molecule has 1 N–H and O–H groups in total. The minimum atomic E-state index is -0.0676. The van der Waals surface area contributed by atoms with E-state index in [0.29, 0.717) is 11.6 Å². The molecule has 0 bridgehead atoms. The van der Waals surface area contributed by atoms with Gasteiger partial charge in [0.25, 0.3) is 0 Å². The number of halogens is 1. The average molecular weight is 401 g/mol. The summed E-state index contributed by atoms with van der Waals surface area (Å²) in [6, 6.07) is 13.4. The van der Waals surface area contributed by atoms with Gasteiger partial charge in [-0.05, 0) is 68.3 Å². The van der Waals surface area contributed by atoms with E-state index in [4.69, 9.17) is 11.6 Å². The Kier molecular flexibility index (Phi) is 6.19. The smallest absolute Gasteiger partial charge is 0.234 e. The first-order valence-corrected chi connectivity index (χ1v) is 10.0. The zero-order valence-corrected chi connectivity index (χ0v) is 17.1. The number of carbonyl (C=O) groups is 1. The largest absolute Gasteiger partial charge is 0.325 e. The molecule has 0 atom stereocenters. The normalized spacial score (nSPS) is 10.8. The molecule has 0 aliphatic rings. The number of hydrogen-bond donors (Lipinski definition) is 1. The number of thioether (sulfide) groups is 1. The van der Waals surface area contributed by atoms with Gasteiger partial charge in [0.15, 0.2) is 11.0 Å². The Labute approximate surface area is 168 Å². The number of hydrogen-bond acceptors (Lipinski definition) is 4. The Balaban J connectivity index is 1.68. The number of carbonyl (C=O) groups excluding carboxylic acids is 1. The summed E-state index contributed by atoms with van der Waals surface area (Å²) < 4.78 is 2.00. The van der Waals surface area contributed by atoms with E-state index in [0.717, 1.165) is 27.8 Å². The zero-order valence-electron chi connectivity index (χ0n) is 15.5. The van der Waals surface area contributed by atoms with Crippen molar-refractivity contribution < 1.29 is 4.79 Å². The number of nitrogens with zero attached hydrogens (tertiary/aromatic N) is 3. The molecule has 7 heteroatoms. The van der Waals surface area contributed by atoms with Gasteiger partial charge in [0.05, 0.1) is 5.75 Å². The van der Waals surface area contributed by atoms with Gasteiger partial charge in [-0.2, -0.15) is 0 Å². The molecule has 1 heterocycles. The monoisotopic (exact) mass is 400 g/mol. The van der Waals surface area contributed by atoms with Crippen molar-refractivity contribution in [2.24, 2.45) is 0 Å². The van der Waals surface area contributed by atoms with Crippen molar-refractivity contribution in [2.75, 3.05) is 11.1 Å². The van der Waals surface area contributed by atoms with Crippen LogP contribution in [0.15, 0.2) is 47.6 Å². The van der Waals surface area contributed by atoms with E-state index in [2.05, 4.69) is 15.5 Å². The highest BCUT2D eigenvalue weighted by atomic mass is 35.5. The number of amides is 1. The fraction of sp³-hybridized carbons (Fsp3) is 0.250. The van der Waals surface area contributed by atoms with E-state index < -0.39 is 0 Å². The quantitative estimate of drug-likeness (QED) is 0.593. The molecular weight excluding hydrogens is 380 g/mol. The number of rotatable bonds is 6. The van der Waals surface area contributed by atoms with E-state index in [9.17, 15) is 4.79 Å². The second kappa shape index (κ2) is 8.59. The SMILES string of the molecule is CCn1c(SCC(=O)Nc2ccc(C)c(C)c2)nnc1-c1ccc(Cl)cc1. The predicted octanol–water partition coefficient (Wildman–Crippen LogP) is 4.97. The van der Waals surface area contributed by atoms with Crippen molar-refractivity contribution in [2.45, 2.75) is 32.5 Å². The third kappa shape index (κ3) is 4.70. The zero-order chi connectivity index (χ0) is 19.4. The average Bonchev–Trinajstić information content (AvgIpc) is 3.06. The summed E-state index contributed by atoms with van der Waals surface area (Å²) in [5.41, 5.74) is 4.11. The number of aromatic nitrogens is 3. The fourth-order valence-electron chi connectivity index (χ4n) is 2.64. The Morgan fingerprint density at radius 1 is 1.11 bits per heavy atom. The molecule has 3 aromatic rings. The minimum absolute atomic E-state index is 0.0676. The fourth-order valence-corrected chi connectivity index (χ4v) is 3.57. The summed E-state index contributed by atoms with van der Waals surface area (Å²) >= 11 is 7.33. The molecule has 3 rings (SSSR count). The number of nitrogens with one attached hydrogen (secondary N) is 1. The molecule has 1 aromatic heterocycles. The summed E-state index contributed by atoms with van der Waals surface area (Å²) in [5, 5.41) is 12.9. The lowest BCUT2D eigenvalue weighted by molar-refractivity contribution is -0.113. The van der Waals surface area contributed by atoms with Crippen LogP contribution in [0.25, 0.3) is 11.4 Å². The predicted molar refractivity (Wildman–Crippen MR) is 111 cm³/mol. The van der Waals surface area contributed by atoms with Gasteiger partial charge in [-0.25, -0.2) is 0 Å². The van der Waals surface area contributed by atoms with Crippen LogP contribution < -0.4 is 5.32 Å². The number of benzene rings is 2. The van der Waals surface area contributed by atoms with Crippen LogP contribution >= 0.6 is 23.4 Å². The first kappa shape index (κ1) is 19.5. The number of aryl methyl sites for hydroxylation is 2. The highest BCUT2D eigenvalue weighted by Gasteiger charge is 2.14. The Bertz CT molecular complexity index is 953. The van der Waals surface area contributed by atoms with Crippen molar-refractivity contribution in [3.05, 3.63) is 58.6 Å². The van der Waals surface area contributed by atoms with E-state index in [1.165, 1.54) is 17.3 Å². The van der Waals surface area contributed by atoms with Gasteiger partial charge < -0.3 is 9.88 Å². The second-order valence-corrected chi connectivity index (χ2v) is 7.57. The standard InChI is InChI=1S/C20H21ClN4OS/c1-4-25-19(15-6-8-16(21)9-7-15)23-24-20(25)27-12-18(26)22-17-10-5-13(2)14(3)11-17/h5-11H,4,12H2,1-3H3,(H,22,26). The lowest BCUT2D eigenvalue weighted by atomic mass is 10.1. The van der Waals surface area contributed by atoms with Gasteiger partial charge in [-0.3, -0.25) is 4.79 Å². The lowest BCUT2D eigenvalue weighted by Gasteiger charge is -2.09. The van der Waals surface area contributed by atoms with Crippen LogP contribution in [0.2, 0.25) is 5.02 Å². The van der Waals surface area contributed by atoms with Gasteiger partial charge >= 0.3 is 0 Å². The second-order valence-electron chi connectivity index (χ2n) is 6.19. The third-order valence-electron chi connectivity index (χ3n) is 4.26. The molecule has 0 saturated carbocycles. The van der Waals surface area contributed by atoms with E-state index in [1.807, 2.05) is 67.8 Å². The minimum Gasteiger partial charge on any atom is -0.325 e. The summed E-state index contributed by atoms with van der Waals surface area (Å²) in [6.07, 6.45) is 0. The van der Waals surface area contributed by atoms with Gasteiger partial charge in [-0.1, -0.05) is 29.4 Å². The molecule has 0 radical (unpaired) electrons. The molecule has 0 aliphatic carbocycles. The van der Waals surface area contributed by atoms with Crippen molar-refractivity contribution in [3.8, 4) is 11.4 Å². The van der Waals surface area contributed by atoms with Crippen LogP contribution in [0.3, 0.4) is 0 Å². The molecular formula is C20H21ClN4OS. The van der Waals surface area contributed by atoms with Crippen LogP contribution in [0.1, 0.15) is 18.1 Å². The molecule has 27 heavy (non-hydrogen) atoms. The number of anilines is 1. The van der Waals surface area contributed by atoms with Crippen LogP contribution in [-0.4, -0.2) is 26.4 Å². The maximum Gasteiger partial charge on any atom is 0.234 e. The molecule has 140 valence electrons. The molecule has 5 nitrogen and oxygen atoms in total. The van der Waals surface area contributed by atoms with Gasteiger partial charge in [0.1, 0.15) is 0 Å². The molecule has 1 amide bonds. The van der Waals surface area contributed by atoms with Crippen LogP contribution in [0.5, 0.6) is 0 Å². The molecule has 2 aromatic carbocycles. The van der Waals surface area contributed by atoms with Gasteiger partial charge in [-0.15, -0.1) is 10.2 Å². The Hall–Kier alpha value is -2.31. The third-order valence-corrected chi connectivity index (χ3v) is 5.48. The maximum absolute atomic E-state index is 12.3. The van der Waals surface area contributed by atoms with E-state index in [-0.39, 0.29) is 11.7 Å². The molecule has 0 unspecified atom stereocenters. The Morgan fingerprint density at radius 3 is 2.52 bits per heavy atom. The van der Waals surface area contributed by atoms with Crippen molar-refractivity contribution in [3.63, 3.8) is 0 Å². The highest BCUT2D eigenvalue weighted by Crippen LogP contribution is 2.25. The highest BCUT2D eigenvalue weighted by molar-refractivity contribution is 7.99. The van der Waals surface area contributed by atoms with E-state index in [1.54, 1.807) is 0 Å². The van der Waals surface area contributed by atoms with Crippen LogP contribution in [-0.2, 0) is 11.3 Å². The molecule has 0 saturated heterocycles. The lowest BCUT2D eigenvalue weighted by Crippen LogP contribution is -2.14. The summed E-state index contributed by atoms with van der Waals surface area (Å²) in [6.45, 7) is 6.82. The summed E-state index contributed by atoms with van der Waals surface area (Å²) in [7, 11) is 0. The molecule has 0 fully saturated rings. The first-order chi connectivity index (χ1) is 13.0. The van der Waals surface area contributed by atoms with Crippen molar-refractivity contribution in [1.82, 2.24) is 14.8 Å². The summed E-state index contributed by atoms with van der Waals surface area (Å²) in [4.78, 5) is 12.3. The molecule has 0 spiro atoms. The van der Waals surface area contributed by atoms with Crippen molar-refractivity contribution >= 4 is 35.0 Å². The van der Waals surface area contributed by atoms with E-state index >= 15 is 0 Å². The maximum atomic E-state index is 12.3. The Morgan fingerprint density at radius 2 is 1.85 bits per heavy atom. The van der Waals surface area contributed by atoms with Gasteiger partial charge in [0.2, 0.25) is 5.91 Å². The first-order valence-electron chi connectivity index (χ1n) is 8.67. The van der Waals surface area contributed by atoms with Crippen LogP contribution in [0, 0.1) is 13.8 Å². The topological polar surface area (TPSA) is 59.8 Å².